The first kappa shape index (κ1) is 12.9. The van der Waals surface area contributed by atoms with E-state index in [1.807, 2.05) is 0 Å². The Morgan fingerprint density at radius 2 is 2.00 bits per heavy atom. The zero-order chi connectivity index (χ0) is 13.3. The lowest BCUT2D eigenvalue weighted by Crippen LogP contribution is -2.55. The smallest absolute Gasteiger partial charge is 0.338 e. The summed E-state index contributed by atoms with van der Waals surface area (Å²) in [6, 6.07) is 4.34. The van der Waals surface area contributed by atoms with Gasteiger partial charge in [0, 0.05) is 24.2 Å². The summed E-state index contributed by atoms with van der Waals surface area (Å²) < 4.78 is 13.6. The topological polar surface area (TPSA) is 40.5 Å². The van der Waals surface area contributed by atoms with E-state index < -0.39 is 11.8 Å². The third-order valence-corrected chi connectivity index (χ3v) is 4.10. The van der Waals surface area contributed by atoms with E-state index in [4.69, 9.17) is 5.11 Å². The second-order valence-corrected chi connectivity index (χ2v) is 5.03. The SMILES string of the molecule is CCC1(CC)CN(c2ccc(C(=O)O)c(F)c2)C1. The Kier molecular flexibility index (Phi) is 3.28. The molecule has 0 atom stereocenters. The Morgan fingerprint density at radius 1 is 1.39 bits per heavy atom. The molecule has 1 fully saturated rings. The number of nitrogens with zero attached hydrogens (tertiary/aromatic N) is 1. The molecule has 18 heavy (non-hydrogen) atoms. The van der Waals surface area contributed by atoms with Gasteiger partial charge in [-0.05, 0) is 31.0 Å². The highest BCUT2D eigenvalue weighted by Gasteiger charge is 2.39. The summed E-state index contributed by atoms with van der Waals surface area (Å²) in [5.41, 5.74) is 0.855. The first-order valence-corrected chi connectivity index (χ1v) is 6.29. The third-order valence-electron chi connectivity index (χ3n) is 4.10. The predicted octanol–water partition coefficient (Wildman–Crippen LogP) is 3.15. The first-order chi connectivity index (χ1) is 8.51. The van der Waals surface area contributed by atoms with Crippen LogP contribution < -0.4 is 4.90 Å². The molecule has 1 aliphatic rings. The Hall–Kier alpha value is -1.58. The van der Waals surface area contributed by atoms with Crippen molar-refractivity contribution >= 4 is 11.7 Å². The fourth-order valence-electron chi connectivity index (χ4n) is 2.52. The molecule has 1 saturated heterocycles. The van der Waals surface area contributed by atoms with Crippen LogP contribution in [0.25, 0.3) is 0 Å². The third kappa shape index (κ3) is 2.07. The summed E-state index contributed by atoms with van der Waals surface area (Å²) in [4.78, 5) is 12.8. The monoisotopic (exact) mass is 251 g/mol. The summed E-state index contributed by atoms with van der Waals surface area (Å²) in [5, 5.41) is 8.77. The maximum Gasteiger partial charge on any atom is 0.338 e. The lowest BCUT2D eigenvalue weighted by atomic mass is 9.75. The highest BCUT2D eigenvalue weighted by molar-refractivity contribution is 5.88. The Bertz CT molecular complexity index is 461. The zero-order valence-electron chi connectivity index (χ0n) is 10.7. The van der Waals surface area contributed by atoms with Crippen LogP contribution in [0.2, 0.25) is 0 Å². The number of carboxylic acids is 1. The number of carboxylic acid groups (broad SMARTS) is 1. The summed E-state index contributed by atoms with van der Waals surface area (Å²) in [7, 11) is 0. The van der Waals surface area contributed by atoms with Gasteiger partial charge in [-0.2, -0.15) is 0 Å². The number of rotatable bonds is 4. The minimum atomic E-state index is -1.22. The number of hydrogen-bond donors (Lipinski definition) is 1. The molecule has 0 aliphatic carbocycles. The fraction of sp³-hybridized carbons (Fsp3) is 0.500. The number of anilines is 1. The van der Waals surface area contributed by atoms with Gasteiger partial charge in [0.15, 0.2) is 0 Å². The summed E-state index contributed by atoms with van der Waals surface area (Å²) in [5.74, 6) is -1.88. The molecule has 98 valence electrons. The van der Waals surface area contributed by atoms with Crippen molar-refractivity contribution < 1.29 is 14.3 Å². The molecule has 0 saturated carbocycles. The molecule has 1 aromatic carbocycles. The van der Waals surface area contributed by atoms with E-state index >= 15 is 0 Å². The van der Waals surface area contributed by atoms with E-state index in [9.17, 15) is 9.18 Å². The van der Waals surface area contributed by atoms with Crippen LogP contribution in [0, 0.1) is 11.2 Å². The van der Waals surface area contributed by atoms with Crippen LogP contribution >= 0.6 is 0 Å². The average Bonchev–Trinajstić information content (AvgIpc) is 2.28. The fourth-order valence-corrected chi connectivity index (χ4v) is 2.52. The predicted molar refractivity (Wildman–Crippen MR) is 68.6 cm³/mol. The van der Waals surface area contributed by atoms with Gasteiger partial charge >= 0.3 is 5.97 Å². The Balaban J connectivity index is 2.13. The molecule has 0 amide bonds. The van der Waals surface area contributed by atoms with Gasteiger partial charge in [-0.3, -0.25) is 0 Å². The van der Waals surface area contributed by atoms with Crippen LogP contribution in [-0.4, -0.2) is 24.2 Å². The van der Waals surface area contributed by atoms with E-state index in [1.165, 1.54) is 12.1 Å². The normalized spacial score (nSPS) is 17.4. The molecular formula is C14H18FNO2. The van der Waals surface area contributed by atoms with Crippen molar-refractivity contribution in [3.8, 4) is 0 Å². The van der Waals surface area contributed by atoms with Crippen LogP contribution in [0.5, 0.6) is 0 Å². The standard InChI is InChI=1S/C14H18FNO2/c1-3-14(4-2)8-16(9-14)10-5-6-11(13(17)18)12(15)7-10/h5-7H,3-4,8-9H2,1-2H3,(H,17,18). The zero-order valence-corrected chi connectivity index (χ0v) is 10.7. The number of aromatic carboxylic acids is 1. The second-order valence-electron chi connectivity index (χ2n) is 5.03. The van der Waals surface area contributed by atoms with Gasteiger partial charge in [-0.1, -0.05) is 13.8 Å². The molecule has 1 N–H and O–H groups in total. The molecule has 3 nitrogen and oxygen atoms in total. The number of carbonyl (C=O) groups is 1. The molecule has 0 radical (unpaired) electrons. The second kappa shape index (κ2) is 4.59. The van der Waals surface area contributed by atoms with Gasteiger partial charge in [0.05, 0.1) is 5.56 Å². The molecule has 4 heteroatoms. The molecule has 1 heterocycles. The van der Waals surface area contributed by atoms with Crippen LogP contribution in [0.4, 0.5) is 10.1 Å². The van der Waals surface area contributed by atoms with Crippen LogP contribution in [0.1, 0.15) is 37.0 Å². The lowest BCUT2D eigenvalue weighted by molar-refractivity contribution is 0.0692. The number of benzene rings is 1. The van der Waals surface area contributed by atoms with Crippen molar-refractivity contribution in [2.24, 2.45) is 5.41 Å². The molecule has 0 aromatic heterocycles. The molecule has 0 unspecified atom stereocenters. The van der Waals surface area contributed by atoms with Crippen molar-refractivity contribution in [2.45, 2.75) is 26.7 Å². The highest BCUT2D eigenvalue weighted by atomic mass is 19.1. The molecule has 0 spiro atoms. The van der Waals surface area contributed by atoms with E-state index in [0.717, 1.165) is 31.6 Å². The van der Waals surface area contributed by atoms with Gasteiger partial charge in [-0.25, -0.2) is 9.18 Å². The molecule has 0 bridgehead atoms. The minimum absolute atomic E-state index is 0.267. The number of halogens is 1. The average molecular weight is 251 g/mol. The molecular weight excluding hydrogens is 233 g/mol. The summed E-state index contributed by atoms with van der Waals surface area (Å²) in [6.07, 6.45) is 2.24. The molecule has 2 rings (SSSR count). The summed E-state index contributed by atoms with van der Waals surface area (Å²) in [6.45, 7) is 6.20. The quantitative estimate of drug-likeness (QED) is 0.893. The van der Waals surface area contributed by atoms with Crippen LogP contribution in [-0.2, 0) is 0 Å². The van der Waals surface area contributed by atoms with Gasteiger partial charge in [-0.15, -0.1) is 0 Å². The van der Waals surface area contributed by atoms with Crippen LogP contribution in [0.15, 0.2) is 18.2 Å². The van der Waals surface area contributed by atoms with Gasteiger partial charge < -0.3 is 10.0 Å². The molecule has 1 aromatic rings. The van der Waals surface area contributed by atoms with Gasteiger partial charge in [0.25, 0.3) is 0 Å². The highest BCUT2D eigenvalue weighted by Crippen LogP contribution is 2.40. The van der Waals surface area contributed by atoms with Gasteiger partial charge in [0.1, 0.15) is 5.82 Å². The van der Waals surface area contributed by atoms with E-state index in [-0.39, 0.29) is 5.56 Å². The maximum atomic E-state index is 13.6. The minimum Gasteiger partial charge on any atom is -0.478 e. The number of hydrogen-bond acceptors (Lipinski definition) is 2. The Labute approximate surface area is 106 Å². The van der Waals surface area contributed by atoms with E-state index in [2.05, 4.69) is 18.7 Å². The van der Waals surface area contributed by atoms with Crippen molar-refractivity contribution in [1.29, 1.82) is 0 Å². The van der Waals surface area contributed by atoms with Crippen molar-refractivity contribution in [2.75, 3.05) is 18.0 Å². The lowest BCUT2D eigenvalue weighted by Gasteiger charge is -2.51. The maximum absolute atomic E-state index is 13.6. The van der Waals surface area contributed by atoms with E-state index in [0.29, 0.717) is 5.41 Å². The van der Waals surface area contributed by atoms with Crippen molar-refractivity contribution in [3.05, 3.63) is 29.6 Å². The van der Waals surface area contributed by atoms with Crippen LogP contribution in [0.3, 0.4) is 0 Å². The Morgan fingerprint density at radius 3 is 2.44 bits per heavy atom. The van der Waals surface area contributed by atoms with Crippen molar-refractivity contribution in [3.63, 3.8) is 0 Å². The first-order valence-electron chi connectivity index (χ1n) is 6.29. The largest absolute Gasteiger partial charge is 0.478 e. The summed E-state index contributed by atoms with van der Waals surface area (Å²) >= 11 is 0. The van der Waals surface area contributed by atoms with E-state index in [1.54, 1.807) is 6.07 Å². The van der Waals surface area contributed by atoms with Crippen molar-refractivity contribution in [1.82, 2.24) is 0 Å². The molecule has 1 aliphatic heterocycles. The van der Waals surface area contributed by atoms with Gasteiger partial charge in [0.2, 0.25) is 0 Å².